The van der Waals surface area contributed by atoms with Crippen LogP contribution in [0.15, 0.2) is 224 Å². The van der Waals surface area contributed by atoms with E-state index in [0.29, 0.717) is 0 Å². The highest BCUT2D eigenvalue weighted by Crippen LogP contribution is 2.58. The molecule has 0 aromatic heterocycles. The standard InChI is InChI=1S/C57H43N/c1-40-38-55(58(48-35-33-44(34-36-48)42-19-7-3-8-20-42)49-28-17-23-45(39-49)43-21-9-4-10-22-43)41(2)37-52(40)50-30-18-32-54-56(50)51-29-15-16-31-53(51)57(54,46-24-11-5-12-25-46)47-26-13-6-14-27-47/h3-39H,1-2H3. The minimum absolute atomic E-state index is 0.445. The summed E-state index contributed by atoms with van der Waals surface area (Å²) in [5.74, 6) is 0. The summed E-state index contributed by atoms with van der Waals surface area (Å²) >= 11 is 0. The molecule has 0 fully saturated rings. The summed E-state index contributed by atoms with van der Waals surface area (Å²) in [6, 6.07) is 82.1. The lowest BCUT2D eigenvalue weighted by atomic mass is 9.67. The zero-order chi connectivity index (χ0) is 39.1. The molecule has 1 aliphatic carbocycles. The molecule has 0 N–H and O–H groups in total. The maximum atomic E-state index is 2.42. The Balaban J connectivity index is 1.15. The molecular formula is C57H43N. The van der Waals surface area contributed by atoms with Gasteiger partial charge in [0.2, 0.25) is 0 Å². The van der Waals surface area contributed by atoms with Crippen molar-refractivity contribution < 1.29 is 0 Å². The van der Waals surface area contributed by atoms with Crippen molar-refractivity contribution in [3.8, 4) is 44.5 Å². The molecule has 1 nitrogen and oxygen atoms in total. The molecule has 0 heterocycles. The number of fused-ring (bicyclic) bond motifs is 3. The first kappa shape index (κ1) is 35.2. The fourth-order valence-corrected chi connectivity index (χ4v) is 9.37. The van der Waals surface area contributed by atoms with Crippen LogP contribution in [0.5, 0.6) is 0 Å². The average molecular weight is 742 g/mol. The molecule has 0 atom stereocenters. The Hall–Kier alpha value is -7.22. The zero-order valence-electron chi connectivity index (χ0n) is 32.8. The third kappa shape index (κ3) is 5.87. The second kappa shape index (κ2) is 14.7. The zero-order valence-corrected chi connectivity index (χ0v) is 32.8. The van der Waals surface area contributed by atoms with E-state index in [-0.39, 0.29) is 0 Å². The van der Waals surface area contributed by atoms with E-state index < -0.39 is 5.41 Å². The summed E-state index contributed by atoms with van der Waals surface area (Å²) in [4.78, 5) is 2.42. The van der Waals surface area contributed by atoms with E-state index >= 15 is 0 Å². The van der Waals surface area contributed by atoms with Crippen LogP contribution < -0.4 is 4.90 Å². The minimum Gasteiger partial charge on any atom is -0.310 e. The van der Waals surface area contributed by atoms with Crippen LogP contribution >= 0.6 is 0 Å². The molecule has 0 radical (unpaired) electrons. The Kier molecular flexibility index (Phi) is 8.92. The molecule has 0 saturated heterocycles. The smallest absolute Gasteiger partial charge is 0.0713 e. The van der Waals surface area contributed by atoms with Crippen molar-refractivity contribution in [1.29, 1.82) is 0 Å². The predicted octanol–water partition coefficient (Wildman–Crippen LogP) is 15.1. The van der Waals surface area contributed by atoms with E-state index in [4.69, 9.17) is 0 Å². The summed E-state index contributed by atoms with van der Waals surface area (Å²) in [7, 11) is 0. The van der Waals surface area contributed by atoms with Crippen molar-refractivity contribution in [3.05, 3.63) is 258 Å². The first-order valence-electron chi connectivity index (χ1n) is 20.2. The molecular weight excluding hydrogens is 699 g/mol. The number of rotatable bonds is 8. The molecule has 10 rings (SSSR count). The van der Waals surface area contributed by atoms with Crippen molar-refractivity contribution in [3.63, 3.8) is 0 Å². The second-order valence-electron chi connectivity index (χ2n) is 15.4. The summed E-state index contributed by atoms with van der Waals surface area (Å²) in [6.07, 6.45) is 0. The van der Waals surface area contributed by atoms with Gasteiger partial charge in [0.05, 0.1) is 5.41 Å². The van der Waals surface area contributed by atoms with Crippen LogP contribution in [0.2, 0.25) is 0 Å². The highest BCUT2D eigenvalue weighted by molar-refractivity contribution is 5.97. The Morgan fingerprint density at radius 2 is 0.828 bits per heavy atom. The van der Waals surface area contributed by atoms with Gasteiger partial charge in [0.25, 0.3) is 0 Å². The van der Waals surface area contributed by atoms with E-state index in [0.717, 1.165) is 17.1 Å². The quantitative estimate of drug-likeness (QED) is 0.150. The number of aryl methyl sites for hydroxylation is 2. The Labute approximate surface area is 342 Å². The topological polar surface area (TPSA) is 3.24 Å². The van der Waals surface area contributed by atoms with Crippen molar-refractivity contribution in [2.45, 2.75) is 19.3 Å². The average Bonchev–Trinajstić information content (AvgIpc) is 3.60. The van der Waals surface area contributed by atoms with Crippen LogP contribution in [0.4, 0.5) is 17.1 Å². The van der Waals surface area contributed by atoms with Crippen molar-refractivity contribution >= 4 is 17.1 Å². The molecule has 0 bridgehead atoms. The van der Waals surface area contributed by atoms with Crippen LogP contribution in [0.25, 0.3) is 44.5 Å². The van der Waals surface area contributed by atoms with Gasteiger partial charge in [-0.05, 0) is 128 Å². The van der Waals surface area contributed by atoms with Crippen molar-refractivity contribution in [1.82, 2.24) is 0 Å². The third-order valence-corrected chi connectivity index (χ3v) is 12.0. The van der Waals surface area contributed by atoms with Crippen LogP contribution in [0.1, 0.15) is 33.4 Å². The summed E-state index contributed by atoms with van der Waals surface area (Å²) in [6.45, 7) is 4.54. The van der Waals surface area contributed by atoms with Crippen LogP contribution in [0.3, 0.4) is 0 Å². The van der Waals surface area contributed by atoms with E-state index in [9.17, 15) is 0 Å². The van der Waals surface area contributed by atoms with Gasteiger partial charge in [-0.15, -0.1) is 0 Å². The Morgan fingerprint density at radius 3 is 1.48 bits per heavy atom. The van der Waals surface area contributed by atoms with E-state index in [2.05, 4.69) is 243 Å². The summed E-state index contributed by atoms with van der Waals surface area (Å²) < 4.78 is 0. The van der Waals surface area contributed by atoms with Gasteiger partial charge in [-0.1, -0.05) is 188 Å². The van der Waals surface area contributed by atoms with Gasteiger partial charge in [-0.25, -0.2) is 0 Å². The first-order valence-corrected chi connectivity index (χ1v) is 20.2. The monoisotopic (exact) mass is 741 g/mol. The van der Waals surface area contributed by atoms with Crippen molar-refractivity contribution in [2.24, 2.45) is 0 Å². The largest absolute Gasteiger partial charge is 0.310 e. The molecule has 58 heavy (non-hydrogen) atoms. The molecule has 1 aliphatic rings. The van der Waals surface area contributed by atoms with Crippen LogP contribution in [-0.4, -0.2) is 0 Å². The molecule has 0 saturated carbocycles. The second-order valence-corrected chi connectivity index (χ2v) is 15.4. The lowest BCUT2D eigenvalue weighted by molar-refractivity contribution is 0.768. The van der Waals surface area contributed by atoms with Gasteiger partial charge in [-0.3, -0.25) is 0 Å². The SMILES string of the molecule is Cc1cc(N(c2ccc(-c3ccccc3)cc2)c2cccc(-c3ccccc3)c2)c(C)cc1-c1cccc2c1-c1ccccc1C2(c1ccccc1)c1ccccc1. The number of benzene rings is 9. The molecule has 0 unspecified atom stereocenters. The van der Waals surface area contributed by atoms with E-state index in [1.807, 2.05) is 0 Å². The number of hydrogen-bond donors (Lipinski definition) is 0. The highest BCUT2D eigenvalue weighted by Gasteiger charge is 2.46. The normalized spacial score (nSPS) is 12.4. The fraction of sp³-hybridized carbons (Fsp3) is 0.0526. The molecule has 0 amide bonds. The maximum absolute atomic E-state index is 2.42. The van der Waals surface area contributed by atoms with Gasteiger partial charge < -0.3 is 4.90 Å². The molecule has 0 spiro atoms. The Morgan fingerprint density at radius 1 is 0.328 bits per heavy atom. The van der Waals surface area contributed by atoms with Gasteiger partial charge in [0, 0.05) is 17.1 Å². The fourth-order valence-electron chi connectivity index (χ4n) is 9.37. The van der Waals surface area contributed by atoms with Gasteiger partial charge in [0.15, 0.2) is 0 Å². The van der Waals surface area contributed by atoms with Gasteiger partial charge in [0.1, 0.15) is 0 Å². The van der Waals surface area contributed by atoms with Gasteiger partial charge in [-0.2, -0.15) is 0 Å². The molecule has 276 valence electrons. The number of anilines is 3. The summed E-state index contributed by atoms with van der Waals surface area (Å²) in [5.41, 5.74) is 20.5. The maximum Gasteiger partial charge on any atom is 0.0713 e. The van der Waals surface area contributed by atoms with Gasteiger partial charge >= 0.3 is 0 Å². The molecule has 1 heteroatoms. The lowest BCUT2D eigenvalue weighted by Crippen LogP contribution is -2.28. The van der Waals surface area contributed by atoms with Crippen molar-refractivity contribution in [2.75, 3.05) is 4.90 Å². The first-order chi connectivity index (χ1) is 28.6. The van der Waals surface area contributed by atoms with Crippen LogP contribution in [0, 0.1) is 13.8 Å². The molecule has 0 aliphatic heterocycles. The number of nitrogens with zero attached hydrogens (tertiary/aromatic N) is 1. The lowest BCUT2D eigenvalue weighted by Gasteiger charge is -2.34. The predicted molar refractivity (Wildman–Crippen MR) is 244 cm³/mol. The van der Waals surface area contributed by atoms with E-state index in [1.54, 1.807) is 0 Å². The molecule has 9 aromatic carbocycles. The van der Waals surface area contributed by atoms with E-state index in [1.165, 1.54) is 77.9 Å². The minimum atomic E-state index is -0.445. The third-order valence-electron chi connectivity index (χ3n) is 12.0. The van der Waals surface area contributed by atoms with Crippen LogP contribution in [-0.2, 0) is 5.41 Å². The highest BCUT2D eigenvalue weighted by atomic mass is 15.1. The summed E-state index contributed by atoms with van der Waals surface area (Å²) in [5, 5.41) is 0. The number of hydrogen-bond acceptors (Lipinski definition) is 1. The Bertz CT molecular complexity index is 2840. The molecule has 9 aromatic rings.